The lowest BCUT2D eigenvalue weighted by molar-refractivity contribution is -0.645. The van der Waals surface area contributed by atoms with Crippen LogP contribution in [0.15, 0.2) is 29.4 Å². The van der Waals surface area contributed by atoms with Crippen molar-refractivity contribution in [2.75, 3.05) is 0 Å². The summed E-state index contributed by atoms with van der Waals surface area (Å²) in [5, 5.41) is 15.0. The maximum atomic E-state index is 12.2. The van der Waals surface area contributed by atoms with Gasteiger partial charge in [-0.1, -0.05) is 19.8 Å². The van der Waals surface area contributed by atoms with E-state index in [1.54, 1.807) is 12.1 Å². The van der Waals surface area contributed by atoms with Gasteiger partial charge in [-0.25, -0.2) is 0 Å². The zero-order valence-electron chi connectivity index (χ0n) is 12.0. The maximum Gasteiger partial charge on any atom is 0.252 e. The molecule has 1 aliphatic carbocycles. The van der Waals surface area contributed by atoms with Crippen LogP contribution in [0.5, 0.6) is 0 Å². The zero-order valence-corrected chi connectivity index (χ0v) is 12.9. The number of carbonyl (C=O) groups excluding carboxylic acids is 1. The first-order valence-electron chi connectivity index (χ1n) is 7.23. The number of hydrogen-bond acceptors (Lipinski definition) is 3. The van der Waals surface area contributed by atoms with Gasteiger partial charge in [0.05, 0.1) is 5.25 Å². The van der Waals surface area contributed by atoms with Gasteiger partial charge >= 0.3 is 0 Å². The zero-order chi connectivity index (χ0) is 14.5. The van der Waals surface area contributed by atoms with Crippen LogP contribution in [0.3, 0.4) is 0 Å². The molecule has 20 heavy (non-hydrogen) atoms. The third-order valence-corrected chi connectivity index (χ3v) is 5.02. The van der Waals surface area contributed by atoms with Gasteiger partial charge in [-0.2, -0.15) is 4.73 Å². The summed E-state index contributed by atoms with van der Waals surface area (Å²) in [6.07, 6.45) is 6.16. The number of amides is 1. The van der Waals surface area contributed by atoms with Crippen LogP contribution >= 0.6 is 11.8 Å². The molecule has 1 N–H and O–H groups in total. The fraction of sp³-hybridized carbons (Fsp3) is 0.600. The summed E-state index contributed by atoms with van der Waals surface area (Å²) in [5.41, 5.74) is 0. The van der Waals surface area contributed by atoms with E-state index in [1.807, 2.05) is 13.0 Å². The molecular formula is C15H22N2O2S. The Hall–Kier alpha value is -1.23. The first kappa shape index (κ1) is 15.2. The molecule has 0 aliphatic heterocycles. The number of hydrogen-bond donors (Lipinski definition) is 1. The Morgan fingerprint density at radius 1 is 1.45 bits per heavy atom. The minimum Gasteiger partial charge on any atom is -0.618 e. The molecule has 1 fully saturated rings. The smallest absolute Gasteiger partial charge is 0.252 e. The molecule has 1 amide bonds. The molecule has 1 aromatic heterocycles. The third-order valence-electron chi connectivity index (χ3n) is 3.89. The van der Waals surface area contributed by atoms with E-state index in [0.717, 1.165) is 11.2 Å². The van der Waals surface area contributed by atoms with Crippen molar-refractivity contribution in [2.45, 2.75) is 55.8 Å². The molecule has 0 unspecified atom stereocenters. The third kappa shape index (κ3) is 3.88. The van der Waals surface area contributed by atoms with Gasteiger partial charge in [0.2, 0.25) is 5.91 Å². The van der Waals surface area contributed by atoms with E-state index < -0.39 is 0 Å². The Bertz CT molecular complexity index is 467. The minimum absolute atomic E-state index is 0.0256. The highest BCUT2D eigenvalue weighted by Crippen LogP contribution is 2.25. The average molecular weight is 294 g/mol. The van der Waals surface area contributed by atoms with Crippen LogP contribution in [0.4, 0.5) is 0 Å². The number of nitrogens with one attached hydrogen (secondary N) is 1. The molecule has 2 rings (SSSR count). The Balaban J connectivity index is 1.90. The molecule has 5 heteroatoms. The molecule has 0 radical (unpaired) electrons. The number of pyridine rings is 1. The number of carbonyl (C=O) groups is 1. The van der Waals surface area contributed by atoms with Crippen molar-refractivity contribution in [1.29, 1.82) is 0 Å². The van der Waals surface area contributed by atoms with Gasteiger partial charge in [-0.05, 0) is 43.5 Å². The van der Waals surface area contributed by atoms with Crippen LogP contribution < -0.4 is 10.0 Å². The largest absolute Gasteiger partial charge is 0.618 e. The Labute approximate surface area is 124 Å². The molecule has 0 saturated heterocycles. The van der Waals surface area contributed by atoms with E-state index in [1.165, 1.54) is 37.2 Å². The number of rotatable bonds is 4. The second-order valence-electron chi connectivity index (χ2n) is 5.50. The first-order valence-corrected chi connectivity index (χ1v) is 8.11. The van der Waals surface area contributed by atoms with Gasteiger partial charge in [0, 0.05) is 18.2 Å². The lowest BCUT2D eigenvalue weighted by atomic mass is 9.86. The summed E-state index contributed by atoms with van der Waals surface area (Å²) in [6, 6.07) is 5.52. The highest BCUT2D eigenvalue weighted by molar-refractivity contribution is 8.00. The normalized spacial score (nSPS) is 24.1. The van der Waals surface area contributed by atoms with Crippen LogP contribution in [0, 0.1) is 11.1 Å². The van der Waals surface area contributed by atoms with Crippen molar-refractivity contribution in [3.63, 3.8) is 0 Å². The predicted molar refractivity (Wildman–Crippen MR) is 80.3 cm³/mol. The van der Waals surface area contributed by atoms with E-state index in [4.69, 9.17) is 0 Å². The van der Waals surface area contributed by atoms with E-state index in [9.17, 15) is 10.0 Å². The molecule has 0 bridgehead atoms. The van der Waals surface area contributed by atoms with Crippen molar-refractivity contribution in [1.82, 2.24) is 5.32 Å². The monoisotopic (exact) mass is 294 g/mol. The van der Waals surface area contributed by atoms with Gasteiger partial charge in [-0.3, -0.25) is 4.79 Å². The summed E-state index contributed by atoms with van der Waals surface area (Å²) < 4.78 is 0.803. The molecule has 4 nitrogen and oxygen atoms in total. The van der Waals surface area contributed by atoms with Crippen LogP contribution in [0.25, 0.3) is 0 Å². The van der Waals surface area contributed by atoms with Crippen molar-refractivity contribution in [2.24, 2.45) is 5.92 Å². The summed E-state index contributed by atoms with van der Waals surface area (Å²) in [7, 11) is 0. The predicted octanol–water partition coefficient (Wildman–Crippen LogP) is 2.50. The van der Waals surface area contributed by atoms with Crippen LogP contribution in [0.2, 0.25) is 0 Å². The number of aromatic nitrogens is 1. The summed E-state index contributed by atoms with van der Waals surface area (Å²) in [4.78, 5) is 12.2. The average Bonchev–Trinajstić information content (AvgIpc) is 2.43. The SMILES string of the molecule is C[C@H](Sc1cccc[n+]1[O-])C(=O)N[C@H]1CCCC[C@H]1C. The van der Waals surface area contributed by atoms with E-state index in [2.05, 4.69) is 12.2 Å². The molecular weight excluding hydrogens is 272 g/mol. The standard InChI is InChI=1S/C15H22N2O2S/c1-11-7-3-4-8-13(11)16-15(18)12(2)20-14-9-5-6-10-17(14)19/h5-6,9-13H,3-4,7-8H2,1-2H3,(H,16,18)/t11-,12+,13+/m1/s1. The van der Waals surface area contributed by atoms with Gasteiger partial charge in [0.1, 0.15) is 0 Å². The fourth-order valence-corrected chi connectivity index (χ4v) is 3.43. The second kappa shape index (κ2) is 6.97. The van der Waals surface area contributed by atoms with Crippen molar-refractivity contribution in [3.05, 3.63) is 29.6 Å². The summed E-state index contributed by atoms with van der Waals surface area (Å²) in [5.74, 6) is 0.573. The molecule has 1 saturated carbocycles. The lowest BCUT2D eigenvalue weighted by Crippen LogP contribution is -2.44. The van der Waals surface area contributed by atoms with Crippen molar-refractivity contribution in [3.8, 4) is 0 Å². The quantitative estimate of drug-likeness (QED) is 0.527. The molecule has 3 atom stereocenters. The van der Waals surface area contributed by atoms with Gasteiger partial charge in [0.15, 0.2) is 6.20 Å². The van der Waals surface area contributed by atoms with Gasteiger partial charge < -0.3 is 10.5 Å². The van der Waals surface area contributed by atoms with E-state index >= 15 is 0 Å². The van der Waals surface area contributed by atoms with Crippen molar-refractivity contribution < 1.29 is 9.52 Å². The lowest BCUT2D eigenvalue weighted by Gasteiger charge is -2.30. The molecule has 1 heterocycles. The molecule has 0 spiro atoms. The fourth-order valence-electron chi connectivity index (χ4n) is 2.57. The molecule has 110 valence electrons. The van der Waals surface area contributed by atoms with Gasteiger partial charge in [0.25, 0.3) is 5.03 Å². The first-order chi connectivity index (χ1) is 9.58. The van der Waals surface area contributed by atoms with Crippen LogP contribution in [-0.4, -0.2) is 17.2 Å². The minimum atomic E-state index is -0.258. The number of nitrogens with zero attached hydrogens (tertiary/aromatic N) is 1. The van der Waals surface area contributed by atoms with E-state index in [-0.39, 0.29) is 17.2 Å². The maximum absolute atomic E-state index is 12.2. The molecule has 1 aliphatic rings. The highest BCUT2D eigenvalue weighted by atomic mass is 32.2. The molecule has 1 aromatic rings. The van der Waals surface area contributed by atoms with Crippen molar-refractivity contribution >= 4 is 17.7 Å². The van der Waals surface area contributed by atoms with Crippen LogP contribution in [-0.2, 0) is 4.79 Å². The second-order valence-corrected chi connectivity index (χ2v) is 6.86. The van der Waals surface area contributed by atoms with E-state index in [0.29, 0.717) is 10.9 Å². The Morgan fingerprint density at radius 2 is 2.20 bits per heavy atom. The number of thioether (sulfide) groups is 1. The summed E-state index contributed by atoms with van der Waals surface area (Å²) >= 11 is 1.31. The topological polar surface area (TPSA) is 56.0 Å². The highest BCUT2D eigenvalue weighted by Gasteiger charge is 2.26. The Morgan fingerprint density at radius 3 is 2.90 bits per heavy atom. The Kier molecular flexibility index (Phi) is 5.29. The molecule has 0 aromatic carbocycles. The summed E-state index contributed by atoms with van der Waals surface area (Å²) in [6.45, 7) is 4.05. The van der Waals surface area contributed by atoms with Crippen LogP contribution in [0.1, 0.15) is 39.5 Å². The van der Waals surface area contributed by atoms with Gasteiger partial charge in [-0.15, -0.1) is 0 Å².